The Morgan fingerprint density at radius 2 is 1.95 bits per heavy atom. The predicted octanol–water partition coefficient (Wildman–Crippen LogP) is 2.23. The average molecular weight is 296 g/mol. The Morgan fingerprint density at radius 1 is 1.30 bits per heavy atom. The Labute approximate surface area is 125 Å². The fourth-order valence-electron chi connectivity index (χ4n) is 2.36. The zero-order chi connectivity index (χ0) is 14.5. The molecule has 20 heavy (non-hydrogen) atoms. The summed E-state index contributed by atoms with van der Waals surface area (Å²) in [5.41, 5.74) is 1.07. The Kier molecular flexibility index (Phi) is 5.26. The largest absolute Gasteiger partial charge is 0.335 e. The summed E-state index contributed by atoms with van der Waals surface area (Å²) in [5, 5.41) is 3.81. The lowest BCUT2D eigenvalue weighted by molar-refractivity contribution is 0.152. The number of benzene rings is 1. The van der Waals surface area contributed by atoms with Crippen molar-refractivity contribution in [3.8, 4) is 0 Å². The monoisotopic (exact) mass is 295 g/mol. The van der Waals surface area contributed by atoms with Crippen molar-refractivity contribution in [1.82, 2.24) is 15.1 Å². The molecule has 1 saturated heterocycles. The van der Waals surface area contributed by atoms with Crippen LogP contribution >= 0.6 is 11.6 Å². The first-order valence-corrected chi connectivity index (χ1v) is 7.41. The maximum Gasteiger partial charge on any atom is 0.317 e. The second-order valence-corrected chi connectivity index (χ2v) is 5.84. The van der Waals surface area contributed by atoms with Crippen molar-refractivity contribution in [2.45, 2.75) is 19.4 Å². The Morgan fingerprint density at radius 3 is 2.60 bits per heavy atom. The van der Waals surface area contributed by atoms with E-state index in [1.807, 2.05) is 36.1 Å². The minimum Gasteiger partial charge on any atom is -0.335 e. The molecule has 1 heterocycles. The number of carbonyl (C=O) groups is 1. The van der Waals surface area contributed by atoms with Gasteiger partial charge in [0.2, 0.25) is 0 Å². The molecule has 1 N–H and O–H groups in total. The van der Waals surface area contributed by atoms with Gasteiger partial charge in [-0.3, -0.25) is 0 Å². The number of nitrogens with zero attached hydrogens (tertiary/aromatic N) is 2. The van der Waals surface area contributed by atoms with Gasteiger partial charge in [0.1, 0.15) is 0 Å². The fourth-order valence-corrected chi connectivity index (χ4v) is 2.57. The molecule has 5 heteroatoms. The Hall–Kier alpha value is -1.26. The summed E-state index contributed by atoms with van der Waals surface area (Å²) in [6, 6.07) is 7.86. The van der Waals surface area contributed by atoms with E-state index in [1.54, 1.807) is 0 Å². The smallest absolute Gasteiger partial charge is 0.317 e. The third-order valence-electron chi connectivity index (χ3n) is 3.64. The highest BCUT2D eigenvalue weighted by Gasteiger charge is 2.20. The number of halogens is 1. The van der Waals surface area contributed by atoms with Crippen molar-refractivity contribution in [2.24, 2.45) is 0 Å². The van der Waals surface area contributed by atoms with E-state index in [0.29, 0.717) is 0 Å². The summed E-state index contributed by atoms with van der Waals surface area (Å²) in [7, 11) is 2.08. The molecule has 1 aliphatic rings. The molecule has 1 atom stereocenters. The average Bonchev–Trinajstić information content (AvgIpc) is 2.42. The van der Waals surface area contributed by atoms with E-state index in [-0.39, 0.29) is 12.1 Å². The highest BCUT2D eigenvalue weighted by molar-refractivity contribution is 6.31. The van der Waals surface area contributed by atoms with Crippen LogP contribution in [0, 0.1) is 0 Å². The highest BCUT2D eigenvalue weighted by Crippen LogP contribution is 2.16. The van der Waals surface area contributed by atoms with Crippen molar-refractivity contribution in [3.63, 3.8) is 0 Å². The number of amides is 2. The number of likely N-dealkylation sites (N-methyl/N-ethyl adjacent to an activating group) is 1. The third-order valence-corrected chi connectivity index (χ3v) is 4.01. The highest BCUT2D eigenvalue weighted by atomic mass is 35.5. The summed E-state index contributed by atoms with van der Waals surface area (Å²) in [6.45, 7) is 5.47. The van der Waals surface area contributed by atoms with Gasteiger partial charge in [0, 0.05) is 37.2 Å². The normalized spacial score (nSPS) is 17.9. The number of hydrogen-bond acceptors (Lipinski definition) is 2. The molecule has 4 nitrogen and oxygen atoms in total. The summed E-state index contributed by atoms with van der Waals surface area (Å²) in [6.07, 6.45) is 0.749. The number of nitrogens with one attached hydrogen (secondary N) is 1. The van der Waals surface area contributed by atoms with Gasteiger partial charge in [0.05, 0.1) is 0 Å². The summed E-state index contributed by atoms with van der Waals surface area (Å²) in [5.74, 6) is 0. The van der Waals surface area contributed by atoms with Crippen LogP contribution in [0.25, 0.3) is 0 Å². The van der Waals surface area contributed by atoms with Gasteiger partial charge in [-0.05, 0) is 32.0 Å². The maximum atomic E-state index is 12.2. The molecule has 0 aromatic heterocycles. The molecule has 2 rings (SSSR count). The molecule has 110 valence electrons. The fraction of sp³-hybridized carbons (Fsp3) is 0.533. The first kappa shape index (κ1) is 15.1. The molecule has 1 aliphatic heterocycles. The molecule has 0 aliphatic carbocycles. The molecule has 0 spiro atoms. The molecule has 0 saturated carbocycles. The van der Waals surface area contributed by atoms with Crippen molar-refractivity contribution < 1.29 is 4.79 Å². The lowest BCUT2D eigenvalue weighted by Gasteiger charge is -2.33. The quantitative estimate of drug-likeness (QED) is 0.928. The van der Waals surface area contributed by atoms with Crippen molar-refractivity contribution in [2.75, 3.05) is 33.2 Å². The zero-order valence-electron chi connectivity index (χ0n) is 12.1. The van der Waals surface area contributed by atoms with Gasteiger partial charge in [-0.25, -0.2) is 4.79 Å². The van der Waals surface area contributed by atoms with Crippen LogP contribution in [-0.2, 0) is 6.42 Å². The van der Waals surface area contributed by atoms with E-state index < -0.39 is 0 Å². The minimum absolute atomic E-state index is 0.0256. The Balaban J connectivity index is 1.83. The molecule has 0 radical (unpaired) electrons. The van der Waals surface area contributed by atoms with E-state index in [1.165, 1.54) is 0 Å². The SMILES string of the molecule is CC(Cc1ccccc1Cl)NC(=O)N1CCN(C)CC1. The molecular formula is C15H22ClN3O. The van der Waals surface area contributed by atoms with Gasteiger partial charge in [-0.2, -0.15) is 0 Å². The van der Waals surface area contributed by atoms with Crippen LogP contribution in [0.3, 0.4) is 0 Å². The van der Waals surface area contributed by atoms with Crippen LogP contribution in [0.4, 0.5) is 4.79 Å². The van der Waals surface area contributed by atoms with E-state index in [9.17, 15) is 4.79 Å². The first-order chi connectivity index (χ1) is 9.56. The molecule has 2 amide bonds. The van der Waals surface area contributed by atoms with E-state index in [4.69, 9.17) is 11.6 Å². The molecule has 1 aromatic rings. The zero-order valence-corrected chi connectivity index (χ0v) is 12.9. The predicted molar refractivity (Wildman–Crippen MR) is 82.2 cm³/mol. The molecule has 1 aromatic carbocycles. The second kappa shape index (κ2) is 6.95. The summed E-state index contributed by atoms with van der Waals surface area (Å²) >= 11 is 6.14. The number of piperazine rings is 1. The molecule has 1 fully saturated rings. The van der Waals surface area contributed by atoms with Gasteiger partial charge in [-0.1, -0.05) is 29.8 Å². The van der Waals surface area contributed by atoms with Crippen LogP contribution in [0.15, 0.2) is 24.3 Å². The van der Waals surface area contributed by atoms with Gasteiger partial charge < -0.3 is 15.1 Å². The van der Waals surface area contributed by atoms with E-state index in [2.05, 4.69) is 17.3 Å². The lowest BCUT2D eigenvalue weighted by atomic mass is 10.1. The summed E-state index contributed by atoms with van der Waals surface area (Å²) in [4.78, 5) is 16.3. The maximum absolute atomic E-state index is 12.2. The summed E-state index contributed by atoms with van der Waals surface area (Å²) < 4.78 is 0. The van der Waals surface area contributed by atoms with Gasteiger partial charge in [0.25, 0.3) is 0 Å². The van der Waals surface area contributed by atoms with Gasteiger partial charge >= 0.3 is 6.03 Å². The topological polar surface area (TPSA) is 35.6 Å². The molecule has 1 unspecified atom stereocenters. The van der Waals surface area contributed by atoms with Crippen molar-refractivity contribution >= 4 is 17.6 Å². The second-order valence-electron chi connectivity index (χ2n) is 5.44. The van der Waals surface area contributed by atoms with Crippen LogP contribution < -0.4 is 5.32 Å². The minimum atomic E-state index is 0.0256. The van der Waals surface area contributed by atoms with Crippen LogP contribution in [0.2, 0.25) is 5.02 Å². The number of urea groups is 1. The van der Waals surface area contributed by atoms with Crippen molar-refractivity contribution in [3.05, 3.63) is 34.9 Å². The van der Waals surface area contributed by atoms with Gasteiger partial charge in [-0.15, -0.1) is 0 Å². The van der Waals surface area contributed by atoms with Crippen LogP contribution in [0.1, 0.15) is 12.5 Å². The van der Waals surface area contributed by atoms with Crippen LogP contribution in [0.5, 0.6) is 0 Å². The lowest BCUT2D eigenvalue weighted by Crippen LogP contribution is -2.52. The number of rotatable bonds is 3. The van der Waals surface area contributed by atoms with E-state index in [0.717, 1.165) is 43.2 Å². The van der Waals surface area contributed by atoms with Gasteiger partial charge in [0.15, 0.2) is 0 Å². The standard InChI is InChI=1S/C15H22ClN3O/c1-12(11-13-5-3-4-6-14(13)16)17-15(20)19-9-7-18(2)8-10-19/h3-6,12H,7-11H2,1-2H3,(H,17,20). The number of carbonyl (C=O) groups excluding carboxylic acids is 1. The number of hydrogen-bond donors (Lipinski definition) is 1. The van der Waals surface area contributed by atoms with E-state index >= 15 is 0 Å². The Bertz CT molecular complexity index is 458. The van der Waals surface area contributed by atoms with Crippen molar-refractivity contribution in [1.29, 1.82) is 0 Å². The third kappa shape index (κ3) is 4.12. The molecule has 0 bridgehead atoms. The first-order valence-electron chi connectivity index (χ1n) is 7.03. The molecular weight excluding hydrogens is 274 g/mol. The van der Waals surface area contributed by atoms with Crippen LogP contribution in [-0.4, -0.2) is 55.1 Å².